The fourth-order valence-electron chi connectivity index (χ4n) is 2.47. The molecule has 1 aliphatic rings. The standard InChI is InChI=1S/C14H17F2NO2/c1-9-7-10(13(18)19-2)3-4-11(9)12-8-17-6-5-14(12,15)16/h3-4,7,12,17H,5-6,8H2,1-2H3. The molecule has 1 saturated heterocycles. The van der Waals surface area contributed by atoms with E-state index in [-0.39, 0.29) is 13.0 Å². The van der Waals surface area contributed by atoms with Crippen LogP contribution in [-0.4, -0.2) is 32.1 Å². The molecule has 0 spiro atoms. The van der Waals surface area contributed by atoms with E-state index < -0.39 is 17.8 Å². The summed E-state index contributed by atoms with van der Waals surface area (Å²) in [4.78, 5) is 11.4. The van der Waals surface area contributed by atoms with Gasteiger partial charge in [0.2, 0.25) is 0 Å². The van der Waals surface area contributed by atoms with E-state index in [0.717, 1.165) is 0 Å². The van der Waals surface area contributed by atoms with Crippen LogP contribution < -0.4 is 5.32 Å². The van der Waals surface area contributed by atoms with Crippen LogP contribution in [0, 0.1) is 6.92 Å². The molecule has 1 atom stereocenters. The number of piperidine rings is 1. The summed E-state index contributed by atoms with van der Waals surface area (Å²) in [5.41, 5.74) is 1.66. The molecule has 0 aromatic heterocycles. The topological polar surface area (TPSA) is 38.3 Å². The molecular weight excluding hydrogens is 252 g/mol. The first-order valence-electron chi connectivity index (χ1n) is 6.23. The number of aryl methyl sites for hydroxylation is 1. The zero-order valence-electron chi connectivity index (χ0n) is 11.0. The van der Waals surface area contributed by atoms with Gasteiger partial charge in [-0.05, 0) is 30.2 Å². The summed E-state index contributed by atoms with van der Waals surface area (Å²) in [5, 5.41) is 2.99. The van der Waals surface area contributed by atoms with Crippen LogP contribution in [0.3, 0.4) is 0 Å². The van der Waals surface area contributed by atoms with E-state index in [1.807, 2.05) is 0 Å². The Morgan fingerprint density at radius 1 is 1.47 bits per heavy atom. The lowest BCUT2D eigenvalue weighted by Gasteiger charge is -2.33. The van der Waals surface area contributed by atoms with Gasteiger partial charge in [-0.2, -0.15) is 0 Å². The van der Waals surface area contributed by atoms with Gasteiger partial charge in [-0.25, -0.2) is 13.6 Å². The van der Waals surface area contributed by atoms with Gasteiger partial charge in [0.05, 0.1) is 18.6 Å². The van der Waals surface area contributed by atoms with Gasteiger partial charge in [-0.1, -0.05) is 6.07 Å². The Hall–Kier alpha value is -1.49. The smallest absolute Gasteiger partial charge is 0.337 e. The van der Waals surface area contributed by atoms with Gasteiger partial charge in [-0.3, -0.25) is 0 Å². The molecule has 1 heterocycles. The Labute approximate surface area is 111 Å². The average Bonchev–Trinajstić information content (AvgIpc) is 2.38. The predicted molar refractivity (Wildman–Crippen MR) is 67.7 cm³/mol. The number of methoxy groups -OCH3 is 1. The summed E-state index contributed by atoms with van der Waals surface area (Å²) in [6.45, 7) is 2.33. The second-order valence-electron chi connectivity index (χ2n) is 4.83. The maximum atomic E-state index is 13.9. The Bertz CT molecular complexity index is 488. The summed E-state index contributed by atoms with van der Waals surface area (Å²) in [5.74, 6) is -4.00. The highest BCUT2D eigenvalue weighted by molar-refractivity contribution is 5.89. The minimum Gasteiger partial charge on any atom is -0.465 e. The number of alkyl halides is 2. The summed E-state index contributed by atoms with van der Waals surface area (Å²) in [7, 11) is 1.30. The molecule has 5 heteroatoms. The van der Waals surface area contributed by atoms with Gasteiger partial charge in [0.1, 0.15) is 0 Å². The predicted octanol–water partition coefficient (Wildman–Crippen LogP) is 2.49. The molecule has 1 aromatic carbocycles. The fourth-order valence-corrected chi connectivity index (χ4v) is 2.47. The lowest BCUT2D eigenvalue weighted by molar-refractivity contribution is -0.0481. The van der Waals surface area contributed by atoms with Crippen molar-refractivity contribution in [3.8, 4) is 0 Å². The van der Waals surface area contributed by atoms with Crippen molar-refractivity contribution in [1.82, 2.24) is 5.32 Å². The molecule has 104 valence electrons. The van der Waals surface area contributed by atoms with Crippen molar-refractivity contribution >= 4 is 5.97 Å². The first-order chi connectivity index (χ1) is 8.95. The molecule has 1 unspecified atom stereocenters. The monoisotopic (exact) mass is 269 g/mol. The van der Waals surface area contributed by atoms with Crippen LogP contribution in [0.5, 0.6) is 0 Å². The highest BCUT2D eigenvalue weighted by Gasteiger charge is 2.42. The first kappa shape index (κ1) is 13.9. The van der Waals surface area contributed by atoms with E-state index in [2.05, 4.69) is 10.1 Å². The minimum atomic E-state index is -2.71. The third-order valence-corrected chi connectivity index (χ3v) is 3.56. The van der Waals surface area contributed by atoms with Crippen LogP contribution in [0.2, 0.25) is 0 Å². The third-order valence-electron chi connectivity index (χ3n) is 3.56. The number of halogens is 2. The number of carbonyl (C=O) groups excluding carboxylic acids is 1. The molecule has 0 aliphatic carbocycles. The Morgan fingerprint density at radius 2 is 2.21 bits per heavy atom. The number of hydrogen-bond acceptors (Lipinski definition) is 3. The molecule has 1 aromatic rings. The molecule has 0 bridgehead atoms. The molecule has 3 nitrogen and oxygen atoms in total. The largest absolute Gasteiger partial charge is 0.465 e. The van der Waals surface area contributed by atoms with E-state index in [9.17, 15) is 13.6 Å². The zero-order chi connectivity index (χ0) is 14.0. The average molecular weight is 269 g/mol. The fraction of sp³-hybridized carbons (Fsp3) is 0.500. The van der Waals surface area contributed by atoms with Crippen molar-refractivity contribution < 1.29 is 18.3 Å². The second kappa shape index (κ2) is 5.25. The third kappa shape index (κ3) is 2.76. The number of carbonyl (C=O) groups is 1. The normalized spacial score (nSPS) is 22.0. The number of hydrogen-bond donors (Lipinski definition) is 1. The maximum absolute atomic E-state index is 13.9. The van der Waals surface area contributed by atoms with Crippen molar-refractivity contribution in [2.24, 2.45) is 0 Å². The molecule has 0 radical (unpaired) electrons. The highest BCUT2D eigenvalue weighted by Crippen LogP contribution is 2.39. The summed E-state index contributed by atoms with van der Waals surface area (Å²) < 4.78 is 32.5. The van der Waals surface area contributed by atoms with E-state index in [4.69, 9.17) is 0 Å². The van der Waals surface area contributed by atoms with E-state index >= 15 is 0 Å². The van der Waals surface area contributed by atoms with Crippen molar-refractivity contribution in [3.05, 3.63) is 34.9 Å². The van der Waals surface area contributed by atoms with Gasteiger partial charge in [0.25, 0.3) is 5.92 Å². The minimum absolute atomic E-state index is 0.157. The zero-order valence-corrected chi connectivity index (χ0v) is 11.0. The van der Waals surface area contributed by atoms with Crippen LogP contribution in [0.4, 0.5) is 8.78 Å². The van der Waals surface area contributed by atoms with Gasteiger partial charge in [0.15, 0.2) is 0 Å². The van der Waals surface area contributed by atoms with Crippen molar-refractivity contribution in [2.75, 3.05) is 20.2 Å². The number of nitrogens with one attached hydrogen (secondary N) is 1. The highest BCUT2D eigenvalue weighted by atomic mass is 19.3. The van der Waals surface area contributed by atoms with E-state index in [1.165, 1.54) is 7.11 Å². The molecule has 1 aliphatic heterocycles. The SMILES string of the molecule is COC(=O)c1ccc(C2CNCCC2(F)F)c(C)c1. The van der Waals surface area contributed by atoms with Crippen LogP contribution in [0.15, 0.2) is 18.2 Å². The number of esters is 1. The quantitative estimate of drug-likeness (QED) is 0.838. The van der Waals surface area contributed by atoms with Crippen molar-refractivity contribution in [1.29, 1.82) is 0 Å². The van der Waals surface area contributed by atoms with E-state index in [1.54, 1.807) is 25.1 Å². The number of ether oxygens (including phenoxy) is 1. The van der Waals surface area contributed by atoms with Crippen molar-refractivity contribution in [3.63, 3.8) is 0 Å². The lowest BCUT2D eigenvalue weighted by atomic mass is 9.85. The Morgan fingerprint density at radius 3 is 2.79 bits per heavy atom. The lowest BCUT2D eigenvalue weighted by Crippen LogP contribution is -2.43. The summed E-state index contributed by atoms with van der Waals surface area (Å²) in [6, 6.07) is 4.75. The summed E-state index contributed by atoms with van der Waals surface area (Å²) in [6.07, 6.45) is -0.157. The summed E-state index contributed by atoms with van der Waals surface area (Å²) >= 11 is 0. The second-order valence-corrected chi connectivity index (χ2v) is 4.83. The van der Waals surface area contributed by atoms with Crippen LogP contribution in [-0.2, 0) is 4.74 Å². The number of benzene rings is 1. The van der Waals surface area contributed by atoms with Crippen molar-refractivity contribution in [2.45, 2.75) is 25.2 Å². The van der Waals surface area contributed by atoms with Gasteiger partial charge < -0.3 is 10.1 Å². The maximum Gasteiger partial charge on any atom is 0.337 e. The first-order valence-corrected chi connectivity index (χ1v) is 6.23. The number of rotatable bonds is 2. The molecule has 1 N–H and O–H groups in total. The molecule has 0 amide bonds. The molecule has 0 saturated carbocycles. The Balaban J connectivity index is 2.32. The van der Waals surface area contributed by atoms with Gasteiger partial charge in [0, 0.05) is 19.5 Å². The van der Waals surface area contributed by atoms with Gasteiger partial charge in [-0.15, -0.1) is 0 Å². The molecule has 1 fully saturated rings. The molecule has 19 heavy (non-hydrogen) atoms. The molecular formula is C14H17F2NO2. The van der Waals surface area contributed by atoms with Crippen LogP contribution in [0.1, 0.15) is 33.8 Å². The molecule has 2 rings (SSSR count). The van der Waals surface area contributed by atoms with Crippen LogP contribution >= 0.6 is 0 Å². The van der Waals surface area contributed by atoms with Gasteiger partial charge >= 0.3 is 5.97 Å². The van der Waals surface area contributed by atoms with E-state index in [0.29, 0.717) is 23.2 Å². The Kier molecular flexibility index (Phi) is 3.85. The van der Waals surface area contributed by atoms with Crippen LogP contribution in [0.25, 0.3) is 0 Å².